The highest BCUT2D eigenvalue weighted by Crippen LogP contribution is 2.34. The third kappa shape index (κ3) is 3.67. The summed E-state index contributed by atoms with van der Waals surface area (Å²) in [6.45, 7) is 1.80. The molecule has 164 valence electrons. The molecule has 0 radical (unpaired) electrons. The molecule has 2 amide bonds. The maximum atomic E-state index is 14.0. The molecule has 10 heteroatoms. The summed E-state index contributed by atoms with van der Waals surface area (Å²) >= 11 is 6.47. The van der Waals surface area contributed by atoms with Gasteiger partial charge in [0.25, 0.3) is 11.8 Å². The van der Waals surface area contributed by atoms with Crippen LogP contribution in [-0.2, 0) is 6.54 Å². The molecule has 1 aromatic carbocycles. The Morgan fingerprint density at radius 1 is 1.29 bits per heavy atom. The van der Waals surface area contributed by atoms with Crippen LogP contribution < -0.4 is 10.7 Å². The van der Waals surface area contributed by atoms with Crippen LogP contribution in [0.4, 0.5) is 8.78 Å². The second-order valence-corrected chi connectivity index (χ2v) is 8.40. The Balaban J connectivity index is 1.69. The normalized spacial score (nSPS) is 20.3. The van der Waals surface area contributed by atoms with E-state index in [0.717, 1.165) is 12.1 Å². The van der Waals surface area contributed by atoms with Crippen LogP contribution in [0.1, 0.15) is 50.9 Å². The lowest BCUT2D eigenvalue weighted by Gasteiger charge is -2.35. The maximum absolute atomic E-state index is 14.0. The zero-order valence-electron chi connectivity index (χ0n) is 16.6. The van der Waals surface area contributed by atoms with Gasteiger partial charge in [-0.2, -0.15) is 0 Å². The highest BCUT2D eigenvalue weighted by molar-refractivity contribution is 6.21. The first-order chi connectivity index (χ1) is 14.7. The van der Waals surface area contributed by atoms with Crippen LogP contribution in [0.25, 0.3) is 0 Å². The molecule has 0 spiro atoms. The number of rotatable bonds is 3. The van der Waals surface area contributed by atoms with E-state index in [9.17, 15) is 28.3 Å². The fraction of sp³-hybridized carbons (Fsp3) is 0.381. The van der Waals surface area contributed by atoms with Crippen LogP contribution in [-0.4, -0.2) is 44.9 Å². The van der Waals surface area contributed by atoms with Crippen molar-refractivity contribution in [2.45, 2.75) is 37.7 Å². The molecule has 2 bridgehead atoms. The number of carbonyl (C=O) groups excluding carboxylic acids is 2. The molecule has 2 aliphatic heterocycles. The van der Waals surface area contributed by atoms with Gasteiger partial charge >= 0.3 is 0 Å². The number of amides is 2. The van der Waals surface area contributed by atoms with Gasteiger partial charge in [0.2, 0.25) is 5.43 Å². The summed E-state index contributed by atoms with van der Waals surface area (Å²) in [4.78, 5) is 39.6. The SMILES string of the molecule is Cc1cc(F)c(CNC(=O)c2cn3c(c(O)c2=O)C(=O)N2CCC[C@@H](Cl)[C@H]3C2)c(F)c1. The van der Waals surface area contributed by atoms with Gasteiger partial charge in [-0.15, -0.1) is 11.6 Å². The molecular weight excluding hydrogens is 432 g/mol. The summed E-state index contributed by atoms with van der Waals surface area (Å²) in [5.41, 5.74) is -1.64. The van der Waals surface area contributed by atoms with E-state index < -0.39 is 52.8 Å². The Labute approximate surface area is 181 Å². The van der Waals surface area contributed by atoms with Gasteiger partial charge in [0, 0.05) is 31.4 Å². The number of nitrogens with zero attached hydrogens (tertiary/aromatic N) is 2. The molecule has 1 saturated heterocycles. The monoisotopic (exact) mass is 451 g/mol. The fourth-order valence-corrected chi connectivity index (χ4v) is 4.47. The first-order valence-electron chi connectivity index (χ1n) is 9.83. The van der Waals surface area contributed by atoms with Crippen molar-refractivity contribution in [3.8, 4) is 5.75 Å². The van der Waals surface area contributed by atoms with Crippen molar-refractivity contribution in [1.82, 2.24) is 14.8 Å². The van der Waals surface area contributed by atoms with Crippen LogP contribution in [0.5, 0.6) is 5.75 Å². The number of nitrogens with one attached hydrogen (secondary N) is 1. The van der Waals surface area contributed by atoms with Crippen LogP contribution in [0.2, 0.25) is 0 Å². The average Bonchev–Trinajstić information content (AvgIpc) is 2.87. The predicted molar refractivity (Wildman–Crippen MR) is 108 cm³/mol. The molecule has 3 heterocycles. The van der Waals surface area contributed by atoms with Crippen LogP contribution >= 0.6 is 11.6 Å². The van der Waals surface area contributed by atoms with Crippen LogP contribution in [0.15, 0.2) is 23.1 Å². The number of alkyl halides is 1. The van der Waals surface area contributed by atoms with E-state index in [1.165, 1.54) is 22.6 Å². The lowest BCUT2D eigenvalue weighted by Crippen LogP contribution is -2.46. The number of aryl methyl sites for hydroxylation is 1. The predicted octanol–water partition coefficient (Wildman–Crippen LogP) is 2.47. The van der Waals surface area contributed by atoms with Crippen LogP contribution in [0.3, 0.4) is 0 Å². The topological polar surface area (TPSA) is 91.6 Å². The van der Waals surface area contributed by atoms with E-state index in [-0.39, 0.29) is 16.6 Å². The third-order valence-corrected chi connectivity index (χ3v) is 6.26. The fourth-order valence-electron chi connectivity index (χ4n) is 4.11. The standard InChI is InChI=1S/C21H20ClF2N3O4/c1-10-5-14(23)11(15(24)6-10)7-25-20(30)12-8-27-16-9-26(4-2-3-13(16)22)21(31)17(27)19(29)18(12)28/h5-6,8,13,16,29H,2-4,7,9H2,1H3,(H,25,30)/t13-,16-/m1/s1. The second-order valence-electron chi connectivity index (χ2n) is 7.84. The summed E-state index contributed by atoms with van der Waals surface area (Å²) in [7, 11) is 0. The first kappa shape index (κ1) is 21.3. The Kier molecular flexibility index (Phi) is 5.47. The lowest BCUT2D eigenvalue weighted by atomic mass is 10.0. The van der Waals surface area contributed by atoms with Gasteiger partial charge in [-0.3, -0.25) is 14.4 Å². The number of carbonyl (C=O) groups is 2. The zero-order valence-corrected chi connectivity index (χ0v) is 17.4. The third-order valence-electron chi connectivity index (χ3n) is 5.75. The minimum absolute atomic E-state index is 0.207. The van der Waals surface area contributed by atoms with E-state index in [1.54, 1.807) is 0 Å². The van der Waals surface area contributed by atoms with E-state index in [0.29, 0.717) is 31.5 Å². The van der Waals surface area contributed by atoms with Gasteiger partial charge in [0.05, 0.1) is 11.4 Å². The van der Waals surface area contributed by atoms with Crippen molar-refractivity contribution in [3.63, 3.8) is 0 Å². The molecule has 4 rings (SSSR count). The molecule has 2 aliphatic rings. The molecule has 2 N–H and O–H groups in total. The number of aromatic hydroxyl groups is 1. The quantitative estimate of drug-likeness (QED) is 0.701. The maximum Gasteiger partial charge on any atom is 0.274 e. The second kappa shape index (κ2) is 7.96. The summed E-state index contributed by atoms with van der Waals surface area (Å²) in [5, 5.41) is 12.4. The summed E-state index contributed by atoms with van der Waals surface area (Å²) in [5.74, 6) is -3.92. The van der Waals surface area contributed by atoms with Crippen molar-refractivity contribution in [1.29, 1.82) is 0 Å². The van der Waals surface area contributed by atoms with E-state index in [1.807, 2.05) is 0 Å². The van der Waals surface area contributed by atoms with Gasteiger partial charge in [0.1, 0.15) is 17.2 Å². The molecule has 31 heavy (non-hydrogen) atoms. The minimum atomic E-state index is -1.03. The number of aromatic nitrogens is 1. The van der Waals surface area contributed by atoms with Crippen molar-refractivity contribution in [2.24, 2.45) is 0 Å². The van der Waals surface area contributed by atoms with Crippen LogP contribution in [0, 0.1) is 18.6 Å². The van der Waals surface area contributed by atoms with Crippen molar-refractivity contribution in [2.75, 3.05) is 13.1 Å². The van der Waals surface area contributed by atoms with E-state index >= 15 is 0 Å². The van der Waals surface area contributed by atoms with E-state index in [2.05, 4.69) is 5.32 Å². The molecular formula is C21H20ClF2N3O4. The smallest absolute Gasteiger partial charge is 0.274 e. The molecule has 1 aromatic heterocycles. The highest BCUT2D eigenvalue weighted by atomic mass is 35.5. The van der Waals surface area contributed by atoms with Crippen molar-refractivity contribution < 1.29 is 23.5 Å². The van der Waals surface area contributed by atoms with Gasteiger partial charge in [-0.05, 0) is 37.5 Å². The molecule has 1 fully saturated rings. The van der Waals surface area contributed by atoms with Gasteiger partial charge in [-0.25, -0.2) is 8.78 Å². The van der Waals surface area contributed by atoms with Crippen molar-refractivity contribution >= 4 is 23.4 Å². The average molecular weight is 452 g/mol. The Morgan fingerprint density at radius 3 is 2.65 bits per heavy atom. The molecule has 7 nitrogen and oxygen atoms in total. The number of benzene rings is 1. The Morgan fingerprint density at radius 2 is 1.97 bits per heavy atom. The molecule has 2 aromatic rings. The van der Waals surface area contributed by atoms with Crippen molar-refractivity contribution in [3.05, 3.63) is 62.6 Å². The zero-order chi connectivity index (χ0) is 22.4. The van der Waals surface area contributed by atoms with Gasteiger partial charge < -0.3 is 19.9 Å². The molecule has 2 atom stereocenters. The number of pyridine rings is 1. The van der Waals surface area contributed by atoms with E-state index in [4.69, 9.17) is 11.6 Å². The largest absolute Gasteiger partial charge is 0.503 e. The number of hydrogen-bond donors (Lipinski definition) is 2. The summed E-state index contributed by atoms with van der Waals surface area (Å²) < 4.78 is 29.5. The lowest BCUT2D eigenvalue weighted by molar-refractivity contribution is 0.0678. The number of fused-ring (bicyclic) bond motifs is 4. The molecule has 0 saturated carbocycles. The number of hydrogen-bond acceptors (Lipinski definition) is 4. The van der Waals surface area contributed by atoms with Gasteiger partial charge in [-0.1, -0.05) is 0 Å². The minimum Gasteiger partial charge on any atom is -0.503 e. The number of halogens is 3. The Bertz CT molecular complexity index is 1130. The van der Waals surface area contributed by atoms with Gasteiger partial charge in [0.15, 0.2) is 11.4 Å². The highest BCUT2D eigenvalue weighted by Gasteiger charge is 2.39. The Hall–Kier alpha value is -2.94. The molecule has 0 unspecified atom stereocenters. The first-order valence-corrected chi connectivity index (χ1v) is 10.3. The molecule has 0 aliphatic carbocycles. The summed E-state index contributed by atoms with van der Waals surface area (Å²) in [6, 6.07) is 1.84. The summed E-state index contributed by atoms with van der Waals surface area (Å²) in [6.07, 6.45) is 2.49.